The first kappa shape index (κ1) is 19.0. The van der Waals surface area contributed by atoms with Crippen molar-refractivity contribution in [3.63, 3.8) is 0 Å². The number of nitrogens with one attached hydrogen (secondary N) is 2. The number of para-hydroxylation sites is 1. The van der Waals surface area contributed by atoms with Crippen LogP contribution in [0.15, 0.2) is 53.4 Å². The Morgan fingerprint density at radius 1 is 1.08 bits per heavy atom. The smallest absolute Gasteiger partial charge is 0.251 e. The molecule has 6 nitrogen and oxygen atoms in total. The molecule has 0 unspecified atom stereocenters. The predicted octanol–water partition coefficient (Wildman–Crippen LogP) is 2.31. The van der Waals surface area contributed by atoms with Gasteiger partial charge in [0.1, 0.15) is 5.75 Å². The second-order valence-electron chi connectivity index (χ2n) is 5.42. The van der Waals surface area contributed by atoms with E-state index < -0.39 is 10.0 Å². The van der Waals surface area contributed by atoms with E-state index >= 15 is 0 Å². The molecule has 2 rings (SSSR count). The molecule has 0 bridgehead atoms. The number of methoxy groups -OCH3 is 1. The van der Waals surface area contributed by atoms with E-state index in [0.29, 0.717) is 30.8 Å². The van der Waals surface area contributed by atoms with Gasteiger partial charge in [-0.25, -0.2) is 13.1 Å². The van der Waals surface area contributed by atoms with E-state index in [1.54, 1.807) is 7.11 Å². The average molecular weight is 362 g/mol. The third kappa shape index (κ3) is 5.04. The van der Waals surface area contributed by atoms with E-state index in [1.165, 1.54) is 24.3 Å². The van der Waals surface area contributed by atoms with Gasteiger partial charge in [0.25, 0.3) is 5.91 Å². The number of benzene rings is 2. The number of rotatable bonds is 8. The van der Waals surface area contributed by atoms with E-state index in [1.807, 2.05) is 31.2 Å². The van der Waals surface area contributed by atoms with Gasteiger partial charge in [0.05, 0.1) is 12.0 Å². The van der Waals surface area contributed by atoms with E-state index in [-0.39, 0.29) is 10.8 Å². The number of hydrogen-bond acceptors (Lipinski definition) is 4. The standard InChI is InChI=1S/C18H22N2O4S/c1-3-12-20-25(22,23)16-10-8-14(9-11-16)18(21)19-13-15-6-4-5-7-17(15)24-2/h4-11,20H,3,12-13H2,1-2H3,(H,19,21). The van der Waals surface area contributed by atoms with E-state index in [9.17, 15) is 13.2 Å². The van der Waals surface area contributed by atoms with Crippen LogP contribution in [-0.2, 0) is 16.6 Å². The van der Waals surface area contributed by atoms with Gasteiger partial charge in [-0.1, -0.05) is 25.1 Å². The molecule has 0 saturated heterocycles. The number of ether oxygens (including phenoxy) is 1. The lowest BCUT2D eigenvalue weighted by Gasteiger charge is -2.10. The van der Waals surface area contributed by atoms with E-state index in [2.05, 4.69) is 10.0 Å². The number of sulfonamides is 1. The predicted molar refractivity (Wildman–Crippen MR) is 96.1 cm³/mol. The van der Waals surface area contributed by atoms with Crippen LogP contribution in [0.5, 0.6) is 5.75 Å². The molecule has 0 aliphatic rings. The molecule has 2 N–H and O–H groups in total. The highest BCUT2D eigenvalue weighted by Crippen LogP contribution is 2.17. The molecular formula is C18H22N2O4S. The molecule has 7 heteroatoms. The molecule has 2 aromatic carbocycles. The molecule has 0 aromatic heterocycles. The highest BCUT2D eigenvalue weighted by Gasteiger charge is 2.14. The van der Waals surface area contributed by atoms with Crippen LogP contribution in [0.2, 0.25) is 0 Å². The van der Waals surface area contributed by atoms with Crippen molar-refractivity contribution >= 4 is 15.9 Å². The maximum Gasteiger partial charge on any atom is 0.251 e. The van der Waals surface area contributed by atoms with Crippen molar-refractivity contribution in [3.8, 4) is 5.75 Å². The van der Waals surface area contributed by atoms with Gasteiger partial charge in [0.2, 0.25) is 10.0 Å². The Kier molecular flexibility index (Phi) is 6.55. The maximum absolute atomic E-state index is 12.2. The Labute approximate surface area is 148 Å². The fourth-order valence-corrected chi connectivity index (χ4v) is 3.37. The monoisotopic (exact) mass is 362 g/mol. The lowest BCUT2D eigenvalue weighted by Crippen LogP contribution is -2.25. The van der Waals surface area contributed by atoms with Crippen molar-refractivity contribution < 1.29 is 17.9 Å². The quantitative estimate of drug-likeness (QED) is 0.755. The van der Waals surface area contributed by atoms with E-state index in [4.69, 9.17) is 4.74 Å². The van der Waals surface area contributed by atoms with Crippen molar-refractivity contribution in [2.24, 2.45) is 0 Å². The molecule has 0 atom stereocenters. The summed E-state index contributed by atoms with van der Waals surface area (Å²) in [7, 11) is -1.95. The fraction of sp³-hybridized carbons (Fsp3) is 0.278. The highest BCUT2D eigenvalue weighted by atomic mass is 32.2. The van der Waals surface area contributed by atoms with Crippen molar-refractivity contribution in [2.75, 3.05) is 13.7 Å². The Hall–Kier alpha value is -2.38. The van der Waals surface area contributed by atoms with Crippen LogP contribution in [0, 0.1) is 0 Å². The molecule has 0 spiro atoms. The van der Waals surface area contributed by atoms with Gasteiger partial charge in [-0.2, -0.15) is 0 Å². The summed E-state index contributed by atoms with van der Waals surface area (Å²) in [4.78, 5) is 12.4. The third-order valence-electron chi connectivity index (χ3n) is 3.60. The molecule has 25 heavy (non-hydrogen) atoms. The fourth-order valence-electron chi connectivity index (χ4n) is 2.23. The average Bonchev–Trinajstić information content (AvgIpc) is 2.64. The molecule has 2 aromatic rings. The van der Waals surface area contributed by atoms with Gasteiger partial charge >= 0.3 is 0 Å². The summed E-state index contributed by atoms with van der Waals surface area (Å²) < 4.78 is 31.8. The summed E-state index contributed by atoms with van der Waals surface area (Å²) in [5.41, 5.74) is 1.26. The molecule has 0 fully saturated rings. The summed E-state index contributed by atoms with van der Waals surface area (Å²) >= 11 is 0. The van der Waals surface area contributed by atoms with Crippen LogP contribution >= 0.6 is 0 Å². The van der Waals surface area contributed by atoms with Crippen molar-refractivity contribution in [1.82, 2.24) is 10.0 Å². The molecule has 0 aliphatic heterocycles. The minimum Gasteiger partial charge on any atom is -0.496 e. The molecule has 0 saturated carbocycles. The van der Waals surface area contributed by atoms with Gasteiger partial charge in [0, 0.05) is 24.2 Å². The SMILES string of the molecule is CCCNS(=O)(=O)c1ccc(C(=O)NCc2ccccc2OC)cc1. The number of hydrogen-bond donors (Lipinski definition) is 2. The minimum atomic E-state index is -3.53. The Morgan fingerprint density at radius 2 is 1.76 bits per heavy atom. The van der Waals surface area contributed by atoms with Crippen LogP contribution in [0.4, 0.5) is 0 Å². The van der Waals surface area contributed by atoms with E-state index in [0.717, 1.165) is 5.56 Å². The first-order valence-corrected chi connectivity index (χ1v) is 9.46. The van der Waals surface area contributed by atoms with Gasteiger partial charge in [-0.05, 0) is 36.8 Å². The zero-order chi connectivity index (χ0) is 18.3. The molecule has 0 radical (unpaired) electrons. The lowest BCUT2D eigenvalue weighted by molar-refractivity contribution is 0.0950. The topological polar surface area (TPSA) is 84.5 Å². The summed E-state index contributed by atoms with van der Waals surface area (Å²) in [5.74, 6) is 0.419. The van der Waals surface area contributed by atoms with Crippen molar-refractivity contribution in [3.05, 3.63) is 59.7 Å². The zero-order valence-electron chi connectivity index (χ0n) is 14.3. The zero-order valence-corrected chi connectivity index (χ0v) is 15.1. The summed E-state index contributed by atoms with van der Waals surface area (Å²) in [6.07, 6.45) is 0.711. The van der Waals surface area contributed by atoms with Crippen LogP contribution in [0.25, 0.3) is 0 Å². The van der Waals surface area contributed by atoms with Gasteiger partial charge in [-0.3, -0.25) is 4.79 Å². The number of carbonyl (C=O) groups excluding carboxylic acids is 1. The van der Waals surface area contributed by atoms with Crippen LogP contribution in [-0.4, -0.2) is 28.0 Å². The normalized spacial score (nSPS) is 11.1. The van der Waals surface area contributed by atoms with Gasteiger partial charge in [-0.15, -0.1) is 0 Å². The third-order valence-corrected chi connectivity index (χ3v) is 5.08. The molecule has 1 amide bonds. The Morgan fingerprint density at radius 3 is 2.40 bits per heavy atom. The first-order valence-electron chi connectivity index (χ1n) is 7.97. The summed E-state index contributed by atoms with van der Waals surface area (Å²) in [6, 6.07) is 13.3. The Balaban J connectivity index is 2.03. The highest BCUT2D eigenvalue weighted by molar-refractivity contribution is 7.89. The maximum atomic E-state index is 12.2. The minimum absolute atomic E-state index is 0.141. The number of carbonyl (C=O) groups is 1. The van der Waals surface area contributed by atoms with Gasteiger partial charge < -0.3 is 10.1 Å². The summed E-state index contributed by atoms with van der Waals surface area (Å²) in [6.45, 7) is 2.59. The van der Waals surface area contributed by atoms with Crippen molar-refractivity contribution in [2.45, 2.75) is 24.8 Å². The van der Waals surface area contributed by atoms with Gasteiger partial charge in [0.15, 0.2) is 0 Å². The largest absolute Gasteiger partial charge is 0.496 e. The molecular weight excluding hydrogens is 340 g/mol. The van der Waals surface area contributed by atoms with Crippen molar-refractivity contribution in [1.29, 1.82) is 0 Å². The lowest BCUT2D eigenvalue weighted by atomic mass is 10.2. The van der Waals surface area contributed by atoms with Crippen LogP contribution in [0.1, 0.15) is 29.3 Å². The summed E-state index contributed by atoms with van der Waals surface area (Å²) in [5, 5.41) is 2.80. The second-order valence-corrected chi connectivity index (χ2v) is 7.18. The second kappa shape index (κ2) is 8.64. The molecule has 134 valence electrons. The van der Waals surface area contributed by atoms with Crippen LogP contribution < -0.4 is 14.8 Å². The van der Waals surface area contributed by atoms with Crippen LogP contribution in [0.3, 0.4) is 0 Å². The Bertz CT molecular complexity index is 817. The first-order chi connectivity index (χ1) is 12.0. The molecule has 0 aliphatic carbocycles. The number of amides is 1. The molecule has 0 heterocycles.